The second kappa shape index (κ2) is 4.72. The topological polar surface area (TPSA) is 47.6 Å². The normalized spacial score (nSPS) is 28.8. The van der Waals surface area contributed by atoms with Gasteiger partial charge in [-0.2, -0.15) is 0 Å². The van der Waals surface area contributed by atoms with Crippen molar-refractivity contribution >= 4 is 5.97 Å². The lowest BCUT2D eigenvalue weighted by molar-refractivity contribution is -0.149. The Labute approximate surface area is 96.7 Å². The zero-order valence-electron chi connectivity index (χ0n) is 10.1. The molecule has 0 aromatic heterocycles. The fraction of sp³-hybridized carbons (Fsp3) is 0.917. The Kier molecular flexibility index (Phi) is 3.50. The molecule has 0 amide bonds. The first-order valence-electron chi connectivity index (χ1n) is 6.08. The third kappa shape index (κ3) is 2.38. The second-order valence-corrected chi connectivity index (χ2v) is 5.08. The van der Waals surface area contributed by atoms with Crippen LogP contribution in [0.5, 0.6) is 0 Å². The van der Waals surface area contributed by atoms with Gasteiger partial charge >= 0.3 is 5.97 Å². The predicted molar refractivity (Wildman–Crippen MR) is 60.1 cm³/mol. The van der Waals surface area contributed by atoms with Crippen molar-refractivity contribution in [3.05, 3.63) is 0 Å². The van der Waals surface area contributed by atoms with Crippen LogP contribution in [-0.4, -0.2) is 38.4 Å². The smallest absolute Gasteiger partial charge is 0.326 e. The molecule has 0 bridgehead atoms. The molecule has 2 atom stereocenters. The van der Waals surface area contributed by atoms with Gasteiger partial charge in [0.05, 0.1) is 13.7 Å². The highest BCUT2D eigenvalue weighted by Gasteiger charge is 2.48. The Morgan fingerprint density at radius 3 is 2.75 bits per heavy atom. The van der Waals surface area contributed by atoms with E-state index in [2.05, 4.69) is 5.32 Å². The largest absolute Gasteiger partial charge is 0.468 e. The Morgan fingerprint density at radius 1 is 1.50 bits per heavy atom. The summed E-state index contributed by atoms with van der Waals surface area (Å²) in [6, 6.07) is 0. The van der Waals surface area contributed by atoms with Crippen LogP contribution in [-0.2, 0) is 14.3 Å². The summed E-state index contributed by atoms with van der Waals surface area (Å²) in [7, 11) is 1.46. The fourth-order valence-electron chi connectivity index (χ4n) is 2.36. The number of carbonyl (C=O) groups is 1. The summed E-state index contributed by atoms with van der Waals surface area (Å²) >= 11 is 0. The van der Waals surface area contributed by atoms with Crippen molar-refractivity contribution in [3.8, 4) is 0 Å². The summed E-state index contributed by atoms with van der Waals surface area (Å²) in [5.41, 5.74) is -0.489. The Balaban J connectivity index is 1.89. The van der Waals surface area contributed by atoms with Crippen LogP contribution in [0.4, 0.5) is 0 Å². The van der Waals surface area contributed by atoms with Gasteiger partial charge in [-0.1, -0.05) is 0 Å². The molecule has 0 spiro atoms. The monoisotopic (exact) mass is 227 g/mol. The zero-order valence-corrected chi connectivity index (χ0v) is 10.1. The number of hydrogen-bond donors (Lipinski definition) is 1. The molecule has 2 rings (SSSR count). The molecule has 1 saturated heterocycles. The summed E-state index contributed by atoms with van der Waals surface area (Å²) in [5.74, 6) is 0.860. The third-order valence-electron chi connectivity index (χ3n) is 3.79. The van der Waals surface area contributed by atoms with Gasteiger partial charge in [0.15, 0.2) is 0 Å². The van der Waals surface area contributed by atoms with Crippen LogP contribution < -0.4 is 5.32 Å². The van der Waals surface area contributed by atoms with Crippen molar-refractivity contribution in [1.82, 2.24) is 5.32 Å². The Hall–Kier alpha value is -0.610. The predicted octanol–water partition coefficient (Wildman–Crippen LogP) is 0.954. The van der Waals surface area contributed by atoms with Crippen LogP contribution >= 0.6 is 0 Å². The summed E-state index contributed by atoms with van der Waals surface area (Å²) in [6.07, 6.45) is 3.34. The van der Waals surface area contributed by atoms with Crippen molar-refractivity contribution in [2.75, 3.05) is 26.9 Å². The zero-order chi connectivity index (χ0) is 11.6. The van der Waals surface area contributed by atoms with E-state index in [-0.39, 0.29) is 5.97 Å². The lowest BCUT2D eigenvalue weighted by Gasteiger charge is -2.29. The van der Waals surface area contributed by atoms with E-state index < -0.39 is 5.54 Å². The molecule has 1 heterocycles. The molecule has 0 radical (unpaired) electrons. The summed E-state index contributed by atoms with van der Waals surface area (Å²) < 4.78 is 10.2. The van der Waals surface area contributed by atoms with Gasteiger partial charge in [-0.05, 0) is 38.0 Å². The van der Waals surface area contributed by atoms with Gasteiger partial charge in [0.25, 0.3) is 0 Å². The van der Waals surface area contributed by atoms with Gasteiger partial charge in [-0.3, -0.25) is 4.79 Å². The van der Waals surface area contributed by atoms with E-state index in [9.17, 15) is 4.79 Å². The number of carbonyl (C=O) groups excluding carboxylic acids is 1. The fourth-order valence-corrected chi connectivity index (χ4v) is 2.36. The van der Waals surface area contributed by atoms with Gasteiger partial charge in [0.2, 0.25) is 0 Å². The van der Waals surface area contributed by atoms with Crippen LogP contribution in [0.1, 0.15) is 26.2 Å². The quantitative estimate of drug-likeness (QED) is 0.711. The molecule has 1 saturated carbocycles. The van der Waals surface area contributed by atoms with E-state index in [0.717, 1.165) is 39.0 Å². The number of rotatable bonds is 5. The minimum absolute atomic E-state index is 0.131. The molecule has 0 unspecified atom stereocenters. The van der Waals surface area contributed by atoms with Crippen molar-refractivity contribution in [2.24, 2.45) is 11.8 Å². The maximum Gasteiger partial charge on any atom is 0.326 e. The van der Waals surface area contributed by atoms with Crippen molar-refractivity contribution in [3.63, 3.8) is 0 Å². The van der Waals surface area contributed by atoms with Gasteiger partial charge in [0, 0.05) is 13.2 Å². The second-order valence-electron chi connectivity index (χ2n) is 5.08. The van der Waals surface area contributed by atoms with Crippen LogP contribution in [0.25, 0.3) is 0 Å². The van der Waals surface area contributed by atoms with Gasteiger partial charge in [-0.25, -0.2) is 0 Å². The molecular weight excluding hydrogens is 206 g/mol. The molecule has 92 valence electrons. The highest BCUT2D eigenvalue weighted by Crippen LogP contribution is 2.40. The maximum atomic E-state index is 11.8. The van der Waals surface area contributed by atoms with Crippen LogP contribution in [0, 0.1) is 11.8 Å². The molecule has 0 aromatic carbocycles. The van der Waals surface area contributed by atoms with E-state index in [0.29, 0.717) is 11.8 Å². The van der Waals surface area contributed by atoms with E-state index >= 15 is 0 Å². The number of ether oxygens (including phenoxy) is 2. The van der Waals surface area contributed by atoms with Crippen LogP contribution in [0.3, 0.4) is 0 Å². The van der Waals surface area contributed by atoms with E-state index in [1.54, 1.807) is 0 Å². The number of hydrogen-bond acceptors (Lipinski definition) is 4. The summed E-state index contributed by atoms with van der Waals surface area (Å²) in [6.45, 7) is 4.48. The molecule has 2 aliphatic rings. The molecule has 4 heteroatoms. The average molecular weight is 227 g/mol. The van der Waals surface area contributed by atoms with Gasteiger partial charge < -0.3 is 14.8 Å². The molecule has 2 fully saturated rings. The highest BCUT2D eigenvalue weighted by molar-refractivity contribution is 5.81. The average Bonchev–Trinajstić information content (AvgIpc) is 3.03. The van der Waals surface area contributed by atoms with E-state index in [1.165, 1.54) is 7.11 Å². The number of nitrogens with one attached hydrogen (secondary N) is 1. The minimum atomic E-state index is -0.489. The molecule has 1 aliphatic heterocycles. The maximum absolute atomic E-state index is 11.8. The third-order valence-corrected chi connectivity index (χ3v) is 3.79. The van der Waals surface area contributed by atoms with Gasteiger partial charge in [-0.15, -0.1) is 0 Å². The van der Waals surface area contributed by atoms with Gasteiger partial charge in [0.1, 0.15) is 5.54 Å². The number of methoxy groups -OCH3 is 1. The first kappa shape index (κ1) is 11.9. The SMILES string of the molecule is COC(=O)[C@](C)(NC[C@H]1CCOC1)C1CC1. The van der Waals surface area contributed by atoms with Crippen molar-refractivity contribution in [1.29, 1.82) is 0 Å². The number of esters is 1. The molecule has 16 heavy (non-hydrogen) atoms. The highest BCUT2D eigenvalue weighted by atomic mass is 16.5. The Bertz CT molecular complexity index is 259. The summed E-state index contributed by atoms with van der Waals surface area (Å²) in [4.78, 5) is 11.8. The standard InChI is InChI=1S/C12H21NO3/c1-12(10-3-4-10,11(14)15-2)13-7-9-5-6-16-8-9/h9-10,13H,3-8H2,1-2H3/t9-,12-/m1/s1. The Morgan fingerprint density at radius 2 is 2.25 bits per heavy atom. The molecule has 1 aliphatic carbocycles. The first-order valence-corrected chi connectivity index (χ1v) is 6.08. The van der Waals surface area contributed by atoms with Crippen LogP contribution in [0.2, 0.25) is 0 Å². The van der Waals surface area contributed by atoms with E-state index in [1.807, 2.05) is 6.92 Å². The lowest BCUT2D eigenvalue weighted by atomic mass is 9.94. The lowest BCUT2D eigenvalue weighted by Crippen LogP contribution is -2.53. The first-order chi connectivity index (χ1) is 7.66. The van der Waals surface area contributed by atoms with Crippen LogP contribution in [0.15, 0.2) is 0 Å². The molecule has 4 nitrogen and oxygen atoms in total. The molecule has 1 N–H and O–H groups in total. The molecular formula is C12H21NO3. The minimum Gasteiger partial charge on any atom is -0.468 e. The molecule has 0 aromatic rings. The van der Waals surface area contributed by atoms with Crippen molar-refractivity contribution < 1.29 is 14.3 Å². The summed E-state index contributed by atoms with van der Waals surface area (Å²) in [5, 5.41) is 3.40. The van der Waals surface area contributed by atoms with E-state index in [4.69, 9.17) is 9.47 Å². The van der Waals surface area contributed by atoms with Crippen molar-refractivity contribution in [2.45, 2.75) is 31.7 Å².